The van der Waals surface area contributed by atoms with Crippen molar-refractivity contribution in [1.29, 1.82) is 0 Å². The fourth-order valence-corrected chi connectivity index (χ4v) is 3.00. The summed E-state index contributed by atoms with van der Waals surface area (Å²) in [7, 11) is 1.67. The van der Waals surface area contributed by atoms with Gasteiger partial charge in [0.05, 0.1) is 12.7 Å². The van der Waals surface area contributed by atoms with Gasteiger partial charge in [0.1, 0.15) is 23.2 Å². The maximum absolute atomic E-state index is 6.27. The van der Waals surface area contributed by atoms with Crippen molar-refractivity contribution in [2.45, 2.75) is 57.8 Å². The van der Waals surface area contributed by atoms with Gasteiger partial charge in [-0.2, -0.15) is 0 Å². The molecule has 1 atom stereocenters. The van der Waals surface area contributed by atoms with Crippen LogP contribution in [0.25, 0.3) is 0 Å². The van der Waals surface area contributed by atoms with E-state index in [9.17, 15) is 0 Å². The Morgan fingerprint density at radius 3 is 2.52 bits per heavy atom. The van der Waals surface area contributed by atoms with E-state index in [2.05, 4.69) is 27.7 Å². The van der Waals surface area contributed by atoms with E-state index < -0.39 is 0 Å². The molecule has 0 amide bonds. The van der Waals surface area contributed by atoms with Crippen LogP contribution in [0.3, 0.4) is 0 Å². The van der Waals surface area contributed by atoms with Crippen molar-refractivity contribution in [3.63, 3.8) is 0 Å². The first-order chi connectivity index (χ1) is 9.77. The lowest BCUT2D eigenvalue weighted by atomic mass is 9.97. The first kappa shape index (κ1) is 16.1. The Balaban J connectivity index is 2.23. The van der Waals surface area contributed by atoms with Crippen LogP contribution < -0.4 is 15.2 Å². The third-order valence-corrected chi connectivity index (χ3v) is 3.94. The molecule has 0 spiro atoms. The second kappa shape index (κ2) is 5.85. The average molecular weight is 293 g/mol. The van der Waals surface area contributed by atoms with Crippen LogP contribution in [0.2, 0.25) is 0 Å². The molecule has 0 saturated carbocycles. The van der Waals surface area contributed by atoms with Crippen molar-refractivity contribution in [2.24, 2.45) is 5.73 Å². The molecule has 1 heterocycles. The molecule has 0 radical (unpaired) electrons. The van der Waals surface area contributed by atoms with Crippen LogP contribution in [0.15, 0.2) is 18.2 Å². The zero-order valence-corrected chi connectivity index (χ0v) is 13.7. The van der Waals surface area contributed by atoms with Gasteiger partial charge in [0.25, 0.3) is 0 Å². The van der Waals surface area contributed by atoms with Crippen molar-refractivity contribution >= 4 is 0 Å². The van der Waals surface area contributed by atoms with E-state index in [4.69, 9.17) is 19.9 Å². The van der Waals surface area contributed by atoms with Crippen molar-refractivity contribution < 1.29 is 14.2 Å². The largest absolute Gasteiger partial charge is 0.497 e. The van der Waals surface area contributed by atoms with Gasteiger partial charge in [0.2, 0.25) is 0 Å². The molecule has 118 valence electrons. The van der Waals surface area contributed by atoms with E-state index in [0.29, 0.717) is 6.54 Å². The SMILES string of the molecule is COc1ccc(OC2CC(C)(C)OC2(C)C)c(CCN)c1. The zero-order valence-electron chi connectivity index (χ0n) is 13.7. The lowest BCUT2D eigenvalue weighted by Gasteiger charge is -2.28. The minimum atomic E-state index is -0.302. The first-order valence-corrected chi connectivity index (χ1v) is 7.51. The van der Waals surface area contributed by atoms with Crippen LogP contribution >= 0.6 is 0 Å². The quantitative estimate of drug-likeness (QED) is 0.907. The zero-order chi connectivity index (χ0) is 15.7. The fourth-order valence-electron chi connectivity index (χ4n) is 3.00. The Morgan fingerprint density at radius 1 is 1.29 bits per heavy atom. The Morgan fingerprint density at radius 2 is 2.00 bits per heavy atom. The van der Waals surface area contributed by atoms with Crippen LogP contribution in [0.1, 0.15) is 39.7 Å². The molecule has 1 saturated heterocycles. The highest BCUT2D eigenvalue weighted by atomic mass is 16.6. The van der Waals surface area contributed by atoms with Gasteiger partial charge in [-0.25, -0.2) is 0 Å². The van der Waals surface area contributed by atoms with Crippen LogP contribution in [0.5, 0.6) is 11.5 Å². The summed E-state index contributed by atoms with van der Waals surface area (Å²) in [6.07, 6.45) is 1.66. The average Bonchev–Trinajstić information content (AvgIpc) is 2.59. The van der Waals surface area contributed by atoms with E-state index in [-0.39, 0.29) is 17.3 Å². The molecule has 2 N–H and O–H groups in total. The van der Waals surface area contributed by atoms with E-state index in [1.54, 1.807) is 7.11 Å². The normalized spacial score (nSPS) is 23.0. The molecule has 1 aliphatic heterocycles. The number of methoxy groups -OCH3 is 1. The molecule has 4 nitrogen and oxygen atoms in total. The highest BCUT2D eigenvalue weighted by Gasteiger charge is 2.47. The van der Waals surface area contributed by atoms with Gasteiger partial charge < -0.3 is 19.9 Å². The highest BCUT2D eigenvalue weighted by Crippen LogP contribution is 2.40. The number of nitrogens with two attached hydrogens (primary N) is 1. The molecule has 4 heteroatoms. The summed E-state index contributed by atoms with van der Waals surface area (Å²) in [5, 5.41) is 0. The van der Waals surface area contributed by atoms with E-state index in [1.165, 1.54) is 0 Å². The van der Waals surface area contributed by atoms with Crippen molar-refractivity contribution in [3.05, 3.63) is 23.8 Å². The predicted octanol–water partition coefficient (Wildman–Crippen LogP) is 2.92. The molecule has 21 heavy (non-hydrogen) atoms. The Labute approximate surface area is 127 Å². The smallest absolute Gasteiger partial charge is 0.130 e. The Kier molecular flexibility index (Phi) is 4.49. The van der Waals surface area contributed by atoms with Gasteiger partial charge in [0.15, 0.2) is 0 Å². The molecule has 2 rings (SSSR count). The van der Waals surface area contributed by atoms with Gasteiger partial charge in [0, 0.05) is 6.42 Å². The summed E-state index contributed by atoms with van der Waals surface area (Å²) < 4.78 is 17.6. The molecule has 1 aliphatic rings. The van der Waals surface area contributed by atoms with Gasteiger partial charge in [-0.3, -0.25) is 0 Å². The van der Waals surface area contributed by atoms with Crippen molar-refractivity contribution in [1.82, 2.24) is 0 Å². The maximum atomic E-state index is 6.27. The third kappa shape index (κ3) is 3.69. The Hall–Kier alpha value is -1.26. The summed E-state index contributed by atoms with van der Waals surface area (Å²) in [5.74, 6) is 1.70. The number of hydrogen-bond acceptors (Lipinski definition) is 4. The minimum Gasteiger partial charge on any atom is -0.497 e. The van der Waals surface area contributed by atoms with Crippen molar-refractivity contribution in [3.8, 4) is 11.5 Å². The molecule has 0 aromatic heterocycles. The predicted molar refractivity (Wildman–Crippen MR) is 84.0 cm³/mol. The molecular weight excluding hydrogens is 266 g/mol. The van der Waals surface area contributed by atoms with Crippen molar-refractivity contribution in [2.75, 3.05) is 13.7 Å². The van der Waals surface area contributed by atoms with Crippen LogP contribution in [0, 0.1) is 0 Å². The molecule has 1 fully saturated rings. The summed E-state index contributed by atoms with van der Waals surface area (Å²) in [6.45, 7) is 8.95. The van der Waals surface area contributed by atoms with Gasteiger partial charge >= 0.3 is 0 Å². The second-order valence-corrected chi connectivity index (χ2v) is 6.79. The number of benzene rings is 1. The van der Waals surface area contributed by atoms with E-state index in [0.717, 1.165) is 29.9 Å². The number of hydrogen-bond donors (Lipinski definition) is 1. The summed E-state index contributed by atoms with van der Waals surface area (Å²) in [6, 6.07) is 5.88. The lowest BCUT2D eigenvalue weighted by Crippen LogP contribution is -2.37. The second-order valence-electron chi connectivity index (χ2n) is 6.79. The van der Waals surface area contributed by atoms with Crippen LogP contribution in [0.4, 0.5) is 0 Å². The Bertz CT molecular complexity index is 497. The maximum Gasteiger partial charge on any atom is 0.130 e. The molecule has 0 bridgehead atoms. The van der Waals surface area contributed by atoms with E-state index in [1.807, 2.05) is 18.2 Å². The minimum absolute atomic E-state index is 0.0254. The topological polar surface area (TPSA) is 53.7 Å². The molecular formula is C17H27NO3. The fraction of sp³-hybridized carbons (Fsp3) is 0.647. The van der Waals surface area contributed by atoms with Crippen LogP contribution in [-0.2, 0) is 11.2 Å². The molecule has 1 unspecified atom stereocenters. The summed E-state index contributed by atoms with van der Waals surface area (Å²) >= 11 is 0. The lowest BCUT2D eigenvalue weighted by molar-refractivity contribution is -0.0846. The van der Waals surface area contributed by atoms with Crippen LogP contribution in [-0.4, -0.2) is 31.0 Å². The van der Waals surface area contributed by atoms with Gasteiger partial charge in [-0.1, -0.05) is 0 Å². The first-order valence-electron chi connectivity index (χ1n) is 7.51. The monoisotopic (exact) mass is 293 g/mol. The van der Waals surface area contributed by atoms with Gasteiger partial charge in [-0.15, -0.1) is 0 Å². The third-order valence-electron chi connectivity index (χ3n) is 3.94. The standard InChI is InChI=1S/C17H27NO3/c1-16(2)11-15(17(3,4)21-16)20-14-7-6-13(19-5)10-12(14)8-9-18/h6-7,10,15H,8-9,11,18H2,1-5H3. The molecule has 0 aliphatic carbocycles. The highest BCUT2D eigenvalue weighted by molar-refractivity contribution is 5.41. The summed E-state index contributed by atoms with van der Waals surface area (Å²) in [5.41, 5.74) is 6.33. The van der Waals surface area contributed by atoms with Gasteiger partial charge in [-0.05, 0) is 64.4 Å². The molecule has 1 aromatic carbocycles. The summed E-state index contributed by atoms with van der Waals surface area (Å²) in [4.78, 5) is 0. The number of ether oxygens (including phenoxy) is 3. The number of rotatable bonds is 5. The molecule has 1 aromatic rings. The van der Waals surface area contributed by atoms with E-state index >= 15 is 0 Å².